The normalized spacial score (nSPS) is 12.1. The SMILES string of the molecule is COCCn1ncc(Cl)c1C(C)(C)CN. The van der Waals surface area contributed by atoms with E-state index in [0.29, 0.717) is 24.7 Å². The summed E-state index contributed by atoms with van der Waals surface area (Å²) in [5.41, 5.74) is 6.54. The molecule has 0 spiro atoms. The molecule has 2 N–H and O–H groups in total. The first-order chi connectivity index (χ1) is 7.03. The van der Waals surface area contributed by atoms with Crippen LogP contribution in [0.25, 0.3) is 0 Å². The molecule has 4 nitrogen and oxygen atoms in total. The second kappa shape index (κ2) is 4.96. The minimum atomic E-state index is -0.165. The first-order valence-corrected chi connectivity index (χ1v) is 5.31. The van der Waals surface area contributed by atoms with Crippen molar-refractivity contribution in [1.29, 1.82) is 0 Å². The van der Waals surface area contributed by atoms with Gasteiger partial charge in [0.1, 0.15) is 0 Å². The summed E-state index contributed by atoms with van der Waals surface area (Å²) in [6.07, 6.45) is 1.66. The average molecular weight is 232 g/mol. The van der Waals surface area contributed by atoms with Crippen LogP contribution in [-0.2, 0) is 16.7 Å². The van der Waals surface area contributed by atoms with E-state index in [4.69, 9.17) is 22.1 Å². The van der Waals surface area contributed by atoms with Gasteiger partial charge in [-0.3, -0.25) is 4.68 Å². The molecular formula is C10H18ClN3O. The van der Waals surface area contributed by atoms with E-state index in [1.165, 1.54) is 0 Å². The Morgan fingerprint density at radius 2 is 2.27 bits per heavy atom. The minimum Gasteiger partial charge on any atom is -0.383 e. The Bertz CT molecular complexity index is 322. The standard InChI is InChI=1S/C10H18ClN3O/c1-10(2,7-12)9-8(11)6-13-14(9)4-5-15-3/h6H,4-5,7,12H2,1-3H3. The maximum atomic E-state index is 6.11. The number of ether oxygens (including phenoxy) is 1. The summed E-state index contributed by atoms with van der Waals surface area (Å²) < 4.78 is 6.88. The molecule has 15 heavy (non-hydrogen) atoms. The number of nitrogens with two attached hydrogens (primary N) is 1. The van der Waals surface area contributed by atoms with E-state index in [2.05, 4.69) is 18.9 Å². The Morgan fingerprint density at radius 1 is 1.60 bits per heavy atom. The van der Waals surface area contributed by atoms with Crippen molar-refractivity contribution in [2.45, 2.75) is 25.8 Å². The van der Waals surface area contributed by atoms with E-state index in [1.54, 1.807) is 13.3 Å². The van der Waals surface area contributed by atoms with Crippen LogP contribution in [0.5, 0.6) is 0 Å². The highest BCUT2D eigenvalue weighted by atomic mass is 35.5. The van der Waals surface area contributed by atoms with Gasteiger partial charge in [0.15, 0.2) is 0 Å². The van der Waals surface area contributed by atoms with E-state index >= 15 is 0 Å². The van der Waals surface area contributed by atoms with E-state index in [0.717, 1.165) is 5.69 Å². The molecular weight excluding hydrogens is 214 g/mol. The van der Waals surface area contributed by atoms with Crippen molar-refractivity contribution in [3.8, 4) is 0 Å². The average Bonchev–Trinajstić information content (AvgIpc) is 2.57. The number of methoxy groups -OCH3 is 1. The van der Waals surface area contributed by atoms with Crippen LogP contribution < -0.4 is 5.73 Å². The van der Waals surface area contributed by atoms with E-state index in [-0.39, 0.29) is 5.41 Å². The van der Waals surface area contributed by atoms with Gasteiger partial charge in [0.2, 0.25) is 0 Å². The van der Waals surface area contributed by atoms with Gasteiger partial charge in [0.05, 0.1) is 30.1 Å². The Morgan fingerprint density at radius 3 is 2.80 bits per heavy atom. The van der Waals surface area contributed by atoms with Crippen molar-refractivity contribution in [2.24, 2.45) is 5.73 Å². The van der Waals surface area contributed by atoms with Crippen molar-refractivity contribution in [3.05, 3.63) is 16.9 Å². The first-order valence-electron chi connectivity index (χ1n) is 4.93. The molecule has 1 aromatic heterocycles. The summed E-state index contributed by atoms with van der Waals surface area (Å²) in [5, 5.41) is 4.88. The van der Waals surface area contributed by atoms with Crippen molar-refractivity contribution < 1.29 is 4.74 Å². The maximum Gasteiger partial charge on any atom is 0.0823 e. The molecule has 0 aliphatic rings. The molecule has 1 heterocycles. The lowest BCUT2D eigenvalue weighted by Gasteiger charge is -2.24. The van der Waals surface area contributed by atoms with Crippen LogP contribution in [0.1, 0.15) is 19.5 Å². The fourth-order valence-electron chi connectivity index (χ4n) is 1.48. The van der Waals surface area contributed by atoms with Crippen LogP contribution in [-0.4, -0.2) is 30.0 Å². The zero-order valence-corrected chi connectivity index (χ0v) is 10.2. The highest BCUT2D eigenvalue weighted by molar-refractivity contribution is 6.31. The van der Waals surface area contributed by atoms with E-state index < -0.39 is 0 Å². The van der Waals surface area contributed by atoms with Crippen LogP contribution >= 0.6 is 11.6 Å². The van der Waals surface area contributed by atoms with Crippen molar-refractivity contribution in [2.75, 3.05) is 20.3 Å². The largest absolute Gasteiger partial charge is 0.383 e. The van der Waals surface area contributed by atoms with Gasteiger partial charge >= 0.3 is 0 Å². The number of rotatable bonds is 5. The molecule has 1 rings (SSSR count). The summed E-state index contributed by atoms with van der Waals surface area (Å²) in [4.78, 5) is 0. The van der Waals surface area contributed by atoms with Gasteiger partial charge in [-0.1, -0.05) is 25.4 Å². The predicted octanol–water partition coefficient (Wildman–Crippen LogP) is 1.42. The molecule has 0 saturated carbocycles. The summed E-state index contributed by atoms with van der Waals surface area (Å²) in [7, 11) is 1.67. The molecule has 0 unspecified atom stereocenters. The minimum absolute atomic E-state index is 0.165. The van der Waals surface area contributed by atoms with Crippen LogP contribution in [0.15, 0.2) is 6.20 Å². The van der Waals surface area contributed by atoms with E-state index in [1.807, 2.05) is 4.68 Å². The summed E-state index contributed by atoms with van der Waals surface area (Å²) >= 11 is 6.11. The lowest BCUT2D eigenvalue weighted by molar-refractivity contribution is 0.181. The van der Waals surface area contributed by atoms with Crippen molar-refractivity contribution in [1.82, 2.24) is 9.78 Å². The molecule has 0 aromatic carbocycles. The first kappa shape index (κ1) is 12.5. The number of aromatic nitrogens is 2. The Labute approximate surface area is 95.3 Å². The van der Waals surface area contributed by atoms with E-state index in [9.17, 15) is 0 Å². The second-order valence-corrected chi connectivity index (χ2v) is 4.55. The van der Waals surface area contributed by atoms with Gasteiger partial charge in [0.25, 0.3) is 0 Å². The maximum absolute atomic E-state index is 6.11. The van der Waals surface area contributed by atoms with Gasteiger partial charge in [0, 0.05) is 19.1 Å². The quantitative estimate of drug-likeness (QED) is 0.834. The van der Waals surface area contributed by atoms with Crippen LogP contribution in [0.2, 0.25) is 5.02 Å². The second-order valence-electron chi connectivity index (χ2n) is 4.15. The Hall–Kier alpha value is -0.580. The third-order valence-corrected chi connectivity index (χ3v) is 2.73. The Kier molecular flexibility index (Phi) is 4.13. The summed E-state index contributed by atoms with van der Waals surface area (Å²) in [6.45, 7) is 5.96. The van der Waals surface area contributed by atoms with Gasteiger partial charge in [-0.15, -0.1) is 0 Å². The number of halogens is 1. The molecule has 0 aliphatic carbocycles. The molecule has 0 radical (unpaired) electrons. The number of nitrogens with zero attached hydrogens (tertiary/aromatic N) is 2. The third kappa shape index (κ3) is 2.71. The van der Waals surface area contributed by atoms with Crippen LogP contribution in [0.3, 0.4) is 0 Å². The predicted molar refractivity (Wildman–Crippen MR) is 61.2 cm³/mol. The van der Waals surface area contributed by atoms with Gasteiger partial charge in [-0.25, -0.2) is 0 Å². The summed E-state index contributed by atoms with van der Waals surface area (Å²) in [6, 6.07) is 0. The van der Waals surface area contributed by atoms with Gasteiger partial charge in [-0.2, -0.15) is 5.10 Å². The fourth-order valence-corrected chi connectivity index (χ4v) is 1.88. The molecule has 86 valence electrons. The van der Waals surface area contributed by atoms with Crippen LogP contribution in [0.4, 0.5) is 0 Å². The van der Waals surface area contributed by atoms with Crippen molar-refractivity contribution >= 4 is 11.6 Å². The lowest BCUT2D eigenvalue weighted by atomic mass is 9.89. The number of hydrogen-bond donors (Lipinski definition) is 1. The fraction of sp³-hybridized carbons (Fsp3) is 0.700. The topological polar surface area (TPSA) is 53.1 Å². The monoisotopic (exact) mass is 231 g/mol. The smallest absolute Gasteiger partial charge is 0.0823 e. The third-order valence-electron chi connectivity index (χ3n) is 2.45. The highest BCUT2D eigenvalue weighted by Gasteiger charge is 2.26. The Balaban J connectivity index is 2.98. The molecule has 5 heteroatoms. The molecule has 0 amide bonds. The molecule has 0 atom stereocenters. The number of hydrogen-bond acceptors (Lipinski definition) is 3. The summed E-state index contributed by atoms with van der Waals surface area (Å²) in [5.74, 6) is 0. The van der Waals surface area contributed by atoms with Crippen molar-refractivity contribution in [3.63, 3.8) is 0 Å². The zero-order chi connectivity index (χ0) is 11.5. The molecule has 0 aliphatic heterocycles. The molecule has 0 fully saturated rings. The molecule has 0 bridgehead atoms. The van der Waals surface area contributed by atoms with Gasteiger partial charge in [-0.05, 0) is 0 Å². The molecule has 0 saturated heterocycles. The van der Waals surface area contributed by atoms with Crippen LogP contribution in [0, 0.1) is 0 Å². The molecule has 1 aromatic rings. The highest BCUT2D eigenvalue weighted by Crippen LogP contribution is 2.28. The zero-order valence-electron chi connectivity index (χ0n) is 9.46. The van der Waals surface area contributed by atoms with Gasteiger partial charge < -0.3 is 10.5 Å². The lowest BCUT2D eigenvalue weighted by Crippen LogP contribution is -2.32.